The van der Waals surface area contributed by atoms with Gasteiger partial charge in [-0.3, -0.25) is 0 Å². The molecule has 0 aromatic carbocycles. The summed E-state index contributed by atoms with van der Waals surface area (Å²) in [6, 6.07) is 0. The smallest absolute Gasteiger partial charge is 0.151 e. The third-order valence-corrected chi connectivity index (χ3v) is 1.41. The minimum Gasteiger partial charge on any atom is -0.403 e. The summed E-state index contributed by atoms with van der Waals surface area (Å²) in [5.74, 6) is 0. The standard InChI is InChI=1S/C6H14BN/c1-4-6(7-3)5(2)8/h7H,4,8H2,1-3H3/b6-5+. The highest BCUT2D eigenvalue weighted by molar-refractivity contribution is 6.43. The number of allylic oxidation sites excluding steroid dienone is 2. The van der Waals surface area contributed by atoms with Gasteiger partial charge in [0.15, 0.2) is 7.28 Å². The Hall–Kier alpha value is -0.395. The third-order valence-electron chi connectivity index (χ3n) is 1.41. The van der Waals surface area contributed by atoms with Crippen molar-refractivity contribution in [2.75, 3.05) is 0 Å². The van der Waals surface area contributed by atoms with E-state index in [-0.39, 0.29) is 0 Å². The van der Waals surface area contributed by atoms with Crippen LogP contribution in [0.25, 0.3) is 0 Å². The fourth-order valence-electron chi connectivity index (χ4n) is 0.808. The Morgan fingerprint density at radius 3 is 2.12 bits per heavy atom. The predicted molar refractivity (Wildman–Crippen MR) is 40.2 cm³/mol. The minimum absolute atomic E-state index is 0.995. The van der Waals surface area contributed by atoms with E-state index < -0.39 is 0 Å². The summed E-state index contributed by atoms with van der Waals surface area (Å²) in [5, 5.41) is 0. The molecule has 0 unspecified atom stereocenters. The van der Waals surface area contributed by atoms with Crippen LogP contribution in [-0.2, 0) is 0 Å². The highest BCUT2D eigenvalue weighted by Crippen LogP contribution is 2.00. The minimum atomic E-state index is 0.995. The molecule has 2 heteroatoms. The predicted octanol–water partition coefficient (Wildman–Crippen LogP) is 1.07. The number of rotatable bonds is 2. The van der Waals surface area contributed by atoms with Gasteiger partial charge in [-0.05, 0) is 19.0 Å². The lowest BCUT2D eigenvalue weighted by Gasteiger charge is -1.99. The molecule has 0 fully saturated rings. The quantitative estimate of drug-likeness (QED) is 0.530. The van der Waals surface area contributed by atoms with Crippen molar-refractivity contribution in [2.24, 2.45) is 5.73 Å². The van der Waals surface area contributed by atoms with Crippen molar-refractivity contribution >= 4 is 7.28 Å². The first kappa shape index (κ1) is 7.60. The number of hydrogen-bond donors (Lipinski definition) is 1. The lowest BCUT2D eigenvalue weighted by atomic mass is 9.70. The lowest BCUT2D eigenvalue weighted by molar-refractivity contribution is 1.12. The van der Waals surface area contributed by atoms with Gasteiger partial charge >= 0.3 is 0 Å². The molecule has 0 aliphatic carbocycles. The summed E-state index contributed by atoms with van der Waals surface area (Å²) in [6.07, 6.45) is 1.10. The van der Waals surface area contributed by atoms with E-state index in [0.29, 0.717) is 0 Å². The average Bonchev–Trinajstić information content (AvgIpc) is 1.69. The molecule has 0 radical (unpaired) electrons. The van der Waals surface area contributed by atoms with Gasteiger partial charge in [0.1, 0.15) is 0 Å². The molecule has 0 rings (SSSR count). The molecule has 0 heterocycles. The Morgan fingerprint density at radius 1 is 1.62 bits per heavy atom. The van der Waals surface area contributed by atoms with Crippen LogP contribution in [0.3, 0.4) is 0 Å². The molecule has 0 atom stereocenters. The Balaban J connectivity index is 3.86. The number of hydrogen-bond acceptors (Lipinski definition) is 1. The Kier molecular flexibility index (Phi) is 3.41. The Labute approximate surface area is 52.2 Å². The van der Waals surface area contributed by atoms with Gasteiger partial charge in [0.05, 0.1) is 0 Å². The summed E-state index contributed by atoms with van der Waals surface area (Å²) in [7, 11) is 1.10. The van der Waals surface area contributed by atoms with E-state index in [4.69, 9.17) is 5.73 Å². The van der Waals surface area contributed by atoms with Crippen LogP contribution in [0.4, 0.5) is 0 Å². The molecule has 2 N–H and O–H groups in total. The molecular weight excluding hydrogens is 96.9 g/mol. The molecule has 46 valence electrons. The van der Waals surface area contributed by atoms with Crippen LogP contribution in [0.2, 0.25) is 6.82 Å². The number of nitrogens with two attached hydrogens (primary N) is 1. The summed E-state index contributed by atoms with van der Waals surface area (Å²) >= 11 is 0. The van der Waals surface area contributed by atoms with E-state index in [1.165, 1.54) is 5.47 Å². The van der Waals surface area contributed by atoms with E-state index in [0.717, 1.165) is 19.4 Å². The third kappa shape index (κ3) is 2.06. The molecule has 0 saturated heterocycles. The van der Waals surface area contributed by atoms with Gasteiger partial charge in [0.25, 0.3) is 0 Å². The lowest BCUT2D eigenvalue weighted by Crippen LogP contribution is -2.01. The molecule has 0 aromatic rings. The van der Waals surface area contributed by atoms with Crippen LogP contribution in [0.1, 0.15) is 20.3 Å². The molecule has 1 nitrogen and oxygen atoms in total. The van der Waals surface area contributed by atoms with Gasteiger partial charge in [-0.15, -0.1) is 0 Å². The first-order valence-corrected chi connectivity index (χ1v) is 3.16. The van der Waals surface area contributed by atoms with Crippen molar-refractivity contribution in [1.82, 2.24) is 0 Å². The highest BCUT2D eigenvalue weighted by atomic mass is 14.5. The first-order valence-electron chi connectivity index (χ1n) is 3.16. The van der Waals surface area contributed by atoms with E-state index in [1.807, 2.05) is 6.92 Å². The summed E-state index contributed by atoms with van der Waals surface area (Å²) in [6.45, 7) is 6.23. The second kappa shape index (κ2) is 3.59. The van der Waals surface area contributed by atoms with Gasteiger partial charge in [-0.2, -0.15) is 0 Å². The summed E-state index contributed by atoms with van der Waals surface area (Å²) < 4.78 is 0. The monoisotopic (exact) mass is 111 g/mol. The van der Waals surface area contributed by atoms with Crippen molar-refractivity contribution in [3.05, 3.63) is 11.2 Å². The molecule has 0 amide bonds. The van der Waals surface area contributed by atoms with Crippen LogP contribution in [0.15, 0.2) is 11.2 Å². The second-order valence-electron chi connectivity index (χ2n) is 1.99. The Bertz CT molecular complexity index is 86.7. The van der Waals surface area contributed by atoms with E-state index >= 15 is 0 Å². The zero-order valence-electron chi connectivity index (χ0n) is 5.99. The van der Waals surface area contributed by atoms with Gasteiger partial charge < -0.3 is 5.73 Å². The molecule has 0 saturated carbocycles. The zero-order chi connectivity index (χ0) is 6.57. The maximum atomic E-state index is 5.54. The van der Waals surface area contributed by atoms with Gasteiger partial charge in [-0.1, -0.05) is 19.2 Å². The van der Waals surface area contributed by atoms with Crippen molar-refractivity contribution in [2.45, 2.75) is 27.1 Å². The van der Waals surface area contributed by atoms with Gasteiger partial charge in [0.2, 0.25) is 0 Å². The second-order valence-corrected chi connectivity index (χ2v) is 1.99. The molecule has 0 aliphatic heterocycles. The molecular formula is C6H14BN. The van der Waals surface area contributed by atoms with Crippen molar-refractivity contribution in [1.29, 1.82) is 0 Å². The Morgan fingerprint density at radius 2 is 2.12 bits per heavy atom. The van der Waals surface area contributed by atoms with Crippen molar-refractivity contribution < 1.29 is 0 Å². The zero-order valence-corrected chi connectivity index (χ0v) is 5.99. The largest absolute Gasteiger partial charge is 0.403 e. The molecule has 0 aromatic heterocycles. The topological polar surface area (TPSA) is 26.0 Å². The molecule has 0 spiro atoms. The normalized spacial score (nSPS) is 12.9. The van der Waals surface area contributed by atoms with Crippen LogP contribution in [0.5, 0.6) is 0 Å². The van der Waals surface area contributed by atoms with E-state index in [9.17, 15) is 0 Å². The fourth-order valence-corrected chi connectivity index (χ4v) is 0.808. The molecule has 8 heavy (non-hydrogen) atoms. The van der Waals surface area contributed by atoms with Crippen LogP contribution >= 0.6 is 0 Å². The molecule has 0 aliphatic rings. The van der Waals surface area contributed by atoms with Crippen molar-refractivity contribution in [3.8, 4) is 0 Å². The van der Waals surface area contributed by atoms with Crippen LogP contribution in [-0.4, -0.2) is 7.28 Å². The first-order chi connectivity index (χ1) is 3.72. The SMILES string of the molecule is CB/C(CC)=C(\C)N. The fraction of sp³-hybridized carbons (Fsp3) is 0.667. The van der Waals surface area contributed by atoms with Crippen LogP contribution < -0.4 is 5.73 Å². The molecule has 0 bridgehead atoms. The summed E-state index contributed by atoms with van der Waals surface area (Å²) in [5.41, 5.74) is 7.91. The highest BCUT2D eigenvalue weighted by Gasteiger charge is 1.92. The maximum Gasteiger partial charge on any atom is 0.151 e. The van der Waals surface area contributed by atoms with Crippen LogP contribution in [0, 0.1) is 0 Å². The van der Waals surface area contributed by atoms with Gasteiger partial charge in [-0.25, -0.2) is 0 Å². The van der Waals surface area contributed by atoms with Gasteiger partial charge in [0, 0.05) is 0 Å². The summed E-state index contributed by atoms with van der Waals surface area (Å²) in [4.78, 5) is 0. The van der Waals surface area contributed by atoms with Crippen molar-refractivity contribution in [3.63, 3.8) is 0 Å². The van der Waals surface area contributed by atoms with E-state index in [2.05, 4.69) is 13.7 Å². The average molecular weight is 111 g/mol. The van der Waals surface area contributed by atoms with E-state index in [1.54, 1.807) is 0 Å². The maximum absolute atomic E-state index is 5.54.